The standard InChI is InChI=1S/C20H18N4/c1-14-2-7-19(23-12-14)24-13-15-3-5-16(6-4-15)17-8-10-21-20-18(17)9-11-22-20/h2-12H,13H2,1H3,(H,21,22)(H,23,24). The van der Waals surface area contributed by atoms with Gasteiger partial charge in [-0.05, 0) is 47.4 Å². The average molecular weight is 314 g/mol. The zero-order valence-corrected chi connectivity index (χ0v) is 13.5. The molecule has 0 spiro atoms. The van der Waals surface area contributed by atoms with E-state index in [1.54, 1.807) is 0 Å². The number of nitrogens with zero attached hydrogens (tertiary/aromatic N) is 2. The van der Waals surface area contributed by atoms with E-state index in [0.29, 0.717) is 0 Å². The number of aromatic amines is 1. The lowest BCUT2D eigenvalue weighted by molar-refractivity contribution is 1.11. The molecule has 0 aliphatic carbocycles. The van der Waals surface area contributed by atoms with Crippen molar-refractivity contribution in [3.05, 3.63) is 78.2 Å². The van der Waals surface area contributed by atoms with E-state index in [2.05, 4.69) is 62.7 Å². The van der Waals surface area contributed by atoms with Crippen molar-refractivity contribution in [3.8, 4) is 11.1 Å². The van der Waals surface area contributed by atoms with Crippen molar-refractivity contribution in [2.75, 3.05) is 5.32 Å². The van der Waals surface area contributed by atoms with Gasteiger partial charge in [0.1, 0.15) is 11.5 Å². The molecule has 2 N–H and O–H groups in total. The summed E-state index contributed by atoms with van der Waals surface area (Å²) >= 11 is 0. The third-order valence-electron chi connectivity index (χ3n) is 4.11. The lowest BCUT2D eigenvalue weighted by atomic mass is 10.0. The second-order valence-corrected chi connectivity index (χ2v) is 5.87. The summed E-state index contributed by atoms with van der Waals surface area (Å²) in [7, 11) is 0. The van der Waals surface area contributed by atoms with Gasteiger partial charge in [-0.3, -0.25) is 0 Å². The van der Waals surface area contributed by atoms with Crippen LogP contribution in [0.5, 0.6) is 0 Å². The van der Waals surface area contributed by atoms with Crippen LogP contribution in [0.1, 0.15) is 11.1 Å². The van der Waals surface area contributed by atoms with Crippen molar-refractivity contribution < 1.29 is 0 Å². The first kappa shape index (κ1) is 14.5. The van der Waals surface area contributed by atoms with Gasteiger partial charge in [-0.2, -0.15) is 0 Å². The maximum atomic E-state index is 4.37. The number of rotatable bonds is 4. The highest BCUT2D eigenvalue weighted by Gasteiger charge is 2.05. The van der Waals surface area contributed by atoms with E-state index >= 15 is 0 Å². The van der Waals surface area contributed by atoms with E-state index in [1.165, 1.54) is 22.3 Å². The Kier molecular flexibility index (Phi) is 3.71. The lowest BCUT2D eigenvalue weighted by Crippen LogP contribution is -2.01. The Morgan fingerprint density at radius 3 is 2.62 bits per heavy atom. The first-order valence-electron chi connectivity index (χ1n) is 7.97. The van der Waals surface area contributed by atoms with Crippen LogP contribution in [-0.4, -0.2) is 15.0 Å². The molecule has 4 rings (SSSR count). The van der Waals surface area contributed by atoms with Crippen LogP contribution < -0.4 is 5.32 Å². The van der Waals surface area contributed by atoms with Crippen molar-refractivity contribution in [1.82, 2.24) is 15.0 Å². The topological polar surface area (TPSA) is 53.6 Å². The molecule has 0 unspecified atom stereocenters. The fourth-order valence-corrected chi connectivity index (χ4v) is 2.78. The van der Waals surface area contributed by atoms with Crippen LogP contribution in [0, 0.1) is 6.92 Å². The van der Waals surface area contributed by atoms with Crippen LogP contribution in [0.2, 0.25) is 0 Å². The molecule has 118 valence electrons. The summed E-state index contributed by atoms with van der Waals surface area (Å²) in [5.41, 5.74) is 5.70. The minimum Gasteiger partial charge on any atom is -0.366 e. The second kappa shape index (κ2) is 6.16. The summed E-state index contributed by atoms with van der Waals surface area (Å²) in [6, 6.07) is 16.8. The summed E-state index contributed by atoms with van der Waals surface area (Å²) in [5.74, 6) is 0.896. The molecule has 0 fully saturated rings. The normalized spacial score (nSPS) is 10.9. The molecular formula is C20H18N4. The van der Waals surface area contributed by atoms with Gasteiger partial charge in [0.25, 0.3) is 0 Å². The molecule has 4 aromatic rings. The molecule has 3 aromatic heterocycles. The highest BCUT2D eigenvalue weighted by molar-refractivity contribution is 5.92. The molecule has 1 aromatic carbocycles. The van der Waals surface area contributed by atoms with Gasteiger partial charge in [-0.1, -0.05) is 30.3 Å². The average Bonchev–Trinajstić information content (AvgIpc) is 3.10. The zero-order chi connectivity index (χ0) is 16.4. The largest absolute Gasteiger partial charge is 0.366 e. The molecule has 24 heavy (non-hydrogen) atoms. The van der Waals surface area contributed by atoms with Crippen LogP contribution in [0.3, 0.4) is 0 Å². The monoisotopic (exact) mass is 314 g/mol. The molecule has 0 bridgehead atoms. The van der Waals surface area contributed by atoms with E-state index in [-0.39, 0.29) is 0 Å². The lowest BCUT2D eigenvalue weighted by Gasteiger charge is -2.08. The minimum absolute atomic E-state index is 0.756. The molecule has 0 saturated carbocycles. The fourth-order valence-electron chi connectivity index (χ4n) is 2.78. The number of anilines is 1. The Balaban J connectivity index is 1.52. The third-order valence-corrected chi connectivity index (χ3v) is 4.11. The Hall–Kier alpha value is -3.14. The highest BCUT2D eigenvalue weighted by atomic mass is 15.0. The van der Waals surface area contributed by atoms with E-state index < -0.39 is 0 Å². The van der Waals surface area contributed by atoms with Crippen molar-refractivity contribution in [2.24, 2.45) is 0 Å². The van der Waals surface area contributed by atoms with Crippen LogP contribution in [0.4, 0.5) is 5.82 Å². The van der Waals surface area contributed by atoms with Crippen molar-refractivity contribution in [1.29, 1.82) is 0 Å². The summed E-state index contributed by atoms with van der Waals surface area (Å²) in [4.78, 5) is 11.9. The molecule has 0 aliphatic heterocycles. The molecular weight excluding hydrogens is 296 g/mol. The van der Waals surface area contributed by atoms with Gasteiger partial charge in [0.15, 0.2) is 0 Å². The van der Waals surface area contributed by atoms with E-state index in [0.717, 1.165) is 23.4 Å². The summed E-state index contributed by atoms with van der Waals surface area (Å²) in [6.07, 6.45) is 5.64. The Bertz CT molecular complexity index is 953. The van der Waals surface area contributed by atoms with Gasteiger partial charge >= 0.3 is 0 Å². The Morgan fingerprint density at radius 2 is 1.83 bits per heavy atom. The van der Waals surface area contributed by atoms with Gasteiger partial charge in [0, 0.05) is 30.5 Å². The smallest absolute Gasteiger partial charge is 0.137 e. The van der Waals surface area contributed by atoms with Gasteiger partial charge in [0.2, 0.25) is 0 Å². The van der Waals surface area contributed by atoms with Crippen LogP contribution >= 0.6 is 0 Å². The molecule has 4 nitrogen and oxygen atoms in total. The van der Waals surface area contributed by atoms with Crippen LogP contribution in [0.25, 0.3) is 22.2 Å². The van der Waals surface area contributed by atoms with Crippen molar-refractivity contribution in [2.45, 2.75) is 13.5 Å². The molecule has 4 heteroatoms. The highest BCUT2D eigenvalue weighted by Crippen LogP contribution is 2.27. The molecule has 0 atom stereocenters. The number of benzene rings is 1. The number of hydrogen-bond acceptors (Lipinski definition) is 3. The first-order valence-corrected chi connectivity index (χ1v) is 7.97. The second-order valence-electron chi connectivity index (χ2n) is 5.87. The quantitative estimate of drug-likeness (QED) is 0.581. The predicted molar refractivity (Wildman–Crippen MR) is 97.8 cm³/mol. The summed E-state index contributed by atoms with van der Waals surface area (Å²) in [6.45, 7) is 2.79. The minimum atomic E-state index is 0.756. The van der Waals surface area contributed by atoms with Gasteiger partial charge in [0.05, 0.1) is 0 Å². The number of fused-ring (bicyclic) bond motifs is 1. The van der Waals surface area contributed by atoms with Crippen LogP contribution in [-0.2, 0) is 6.54 Å². The molecule has 0 saturated heterocycles. The maximum Gasteiger partial charge on any atom is 0.137 e. The summed E-state index contributed by atoms with van der Waals surface area (Å²) < 4.78 is 0. The van der Waals surface area contributed by atoms with Gasteiger partial charge in [-0.15, -0.1) is 0 Å². The zero-order valence-electron chi connectivity index (χ0n) is 13.5. The fraction of sp³-hybridized carbons (Fsp3) is 0.100. The van der Waals surface area contributed by atoms with Gasteiger partial charge < -0.3 is 10.3 Å². The van der Waals surface area contributed by atoms with Gasteiger partial charge in [-0.25, -0.2) is 9.97 Å². The number of hydrogen-bond donors (Lipinski definition) is 2. The summed E-state index contributed by atoms with van der Waals surface area (Å²) in [5, 5.41) is 4.49. The van der Waals surface area contributed by atoms with Crippen LogP contribution in [0.15, 0.2) is 67.1 Å². The number of pyridine rings is 2. The SMILES string of the molecule is Cc1ccc(NCc2ccc(-c3ccnc4[nH]ccc34)cc2)nc1. The first-order chi connectivity index (χ1) is 11.8. The number of aryl methyl sites for hydroxylation is 1. The van der Waals surface area contributed by atoms with Crippen molar-refractivity contribution >= 4 is 16.9 Å². The van der Waals surface area contributed by atoms with E-state index in [4.69, 9.17) is 0 Å². The van der Waals surface area contributed by atoms with E-state index in [1.807, 2.05) is 31.6 Å². The third kappa shape index (κ3) is 2.86. The molecule has 0 aliphatic rings. The number of aromatic nitrogens is 3. The van der Waals surface area contributed by atoms with E-state index in [9.17, 15) is 0 Å². The molecule has 0 radical (unpaired) electrons. The maximum absolute atomic E-state index is 4.37. The Morgan fingerprint density at radius 1 is 0.958 bits per heavy atom. The number of H-pyrrole nitrogens is 1. The Labute approximate surface area is 140 Å². The molecule has 3 heterocycles. The number of nitrogens with one attached hydrogen (secondary N) is 2. The van der Waals surface area contributed by atoms with Crippen molar-refractivity contribution in [3.63, 3.8) is 0 Å². The molecule has 0 amide bonds. The predicted octanol–water partition coefficient (Wildman–Crippen LogP) is 4.55.